The highest BCUT2D eigenvalue weighted by Gasteiger charge is 2.02. The van der Waals surface area contributed by atoms with Crippen LogP contribution < -0.4 is 5.32 Å². The summed E-state index contributed by atoms with van der Waals surface area (Å²) in [6, 6.07) is 3.82. The summed E-state index contributed by atoms with van der Waals surface area (Å²) in [6.07, 6.45) is 5.05. The number of carbonyl (C=O) groups is 1. The first kappa shape index (κ1) is 11.7. The molecule has 0 fully saturated rings. The summed E-state index contributed by atoms with van der Waals surface area (Å²) in [5, 5.41) is 2.88. The Morgan fingerprint density at radius 1 is 1.53 bits per heavy atom. The summed E-state index contributed by atoms with van der Waals surface area (Å²) >= 11 is 0. The number of carbonyl (C=O) groups excluding carboxylic acids is 1. The molecule has 82 valence electrons. The predicted octanol–water partition coefficient (Wildman–Crippen LogP) is 2.13. The lowest BCUT2D eigenvalue weighted by Crippen LogP contribution is -2.22. The van der Waals surface area contributed by atoms with Crippen molar-refractivity contribution in [2.45, 2.75) is 33.2 Å². The molecule has 0 radical (unpaired) electrons. The Bertz CT molecular complexity index is 296. The smallest absolute Gasteiger partial charge is 0.220 e. The van der Waals surface area contributed by atoms with Crippen LogP contribution in [-0.4, -0.2) is 10.9 Å². The maximum atomic E-state index is 11.4. The van der Waals surface area contributed by atoms with E-state index in [1.54, 1.807) is 12.4 Å². The molecule has 0 saturated heterocycles. The summed E-state index contributed by atoms with van der Waals surface area (Å²) in [6.45, 7) is 4.81. The van der Waals surface area contributed by atoms with E-state index in [1.807, 2.05) is 12.1 Å². The van der Waals surface area contributed by atoms with Crippen LogP contribution in [0.15, 0.2) is 24.5 Å². The minimum Gasteiger partial charge on any atom is -0.352 e. The van der Waals surface area contributed by atoms with E-state index in [1.165, 1.54) is 0 Å². The number of aromatic nitrogens is 1. The quantitative estimate of drug-likeness (QED) is 0.802. The van der Waals surface area contributed by atoms with Crippen molar-refractivity contribution in [3.63, 3.8) is 0 Å². The highest BCUT2D eigenvalue weighted by molar-refractivity contribution is 5.75. The molecule has 1 aromatic heterocycles. The maximum absolute atomic E-state index is 11.4. The minimum absolute atomic E-state index is 0.118. The van der Waals surface area contributed by atoms with Crippen molar-refractivity contribution in [2.24, 2.45) is 5.92 Å². The van der Waals surface area contributed by atoms with Gasteiger partial charge in [-0.2, -0.15) is 0 Å². The molecular formula is C12H18N2O. The molecule has 0 aliphatic carbocycles. The first-order valence-corrected chi connectivity index (χ1v) is 5.34. The average molecular weight is 206 g/mol. The molecule has 1 rings (SSSR count). The molecule has 1 amide bonds. The van der Waals surface area contributed by atoms with E-state index in [0.717, 1.165) is 12.0 Å². The fraction of sp³-hybridized carbons (Fsp3) is 0.500. The maximum Gasteiger partial charge on any atom is 0.220 e. The molecule has 0 spiro atoms. The highest BCUT2D eigenvalue weighted by Crippen LogP contribution is 2.03. The first-order valence-electron chi connectivity index (χ1n) is 5.34. The van der Waals surface area contributed by atoms with E-state index in [0.29, 0.717) is 18.9 Å². The number of nitrogens with zero attached hydrogens (tertiary/aromatic N) is 1. The van der Waals surface area contributed by atoms with E-state index in [-0.39, 0.29) is 5.91 Å². The van der Waals surface area contributed by atoms with Gasteiger partial charge in [-0.1, -0.05) is 19.9 Å². The first-order chi connectivity index (χ1) is 7.18. The van der Waals surface area contributed by atoms with Crippen molar-refractivity contribution in [3.05, 3.63) is 30.1 Å². The molecule has 0 aromatic carbocycles. The zero-order valence-corrected chi connectivity index (χ0v) is 9.36. The van der Waals surface area contributed by atoms with Gasteiger partial charge in [-0.3, -0.25) is 9.78 Å². The normalized spacial score (nSPS) is 10.3. The Kier molecular flexibility index (Phi) is 4.81. The molecule has 0 atom stereocenters. The SMILES string of the molecule is CC(C)CCC(=O)NCc1cccnc1. The molecule has 1 N–H and O–H groups in total. The molecule has 1 heterocycles. The minimum atomic E-state index is 0.118. The van der Waals surface area contributed by atoms with E-state index in [4.69, 9.17) is 0 Å². The summed E-state index contributed by atoms with van der Waals surface area (Å²) in [5.74, 6) is 0.696. The Hall–Kier alpha value is -1.38. The summed E-state index contributed by atoms with van der Waals surface area (Å²) in [7, 11) is 0. The van der Waals surface area contributed by atoms with Crippen molar-refractivity contribution in [2.75, 3.05) is 0 Å². The van der Waals surface area contributed by atoms with E-state index in [2.05, 4.69) is 24.1 Å². The Labute approximate surface area is 90.9 Å². The van der Waals surface area contributed by atoms with Crippen LogP contribution in [0.2, 0.25) is 0 Å². The van der Waals surface area contributed by atoms with Gasteiger partial charge in [0.25, 0.3) is 0 Å². The molecule has 0 unspecified atom stereocenters. The number of amides is 1. The van der Waals surface area contributed by atoms with Crippen molar-refractivity contribution in [3.8, 4) is 0 Å². The van der Waals surface area contributed by atoms with E-state index in [9.17, 15) is 4.79 Å². The van der Waals surface area contributed by atoms with Crippen LogP contribution >= 0.6 is 0 Å². The van der Waals surface area contributed by atoms with Crippen LogP contribution in [-0.2, 0) is 11.3 Å². The Balaban J connectivity index is 2.23. The standard InChI is InChI=1S/C12H18N2O/c1-10(2)5-6-12(15)14-9-11-4-3-7-13-8-11/h3-4,7-8,10H,5-6,9H2,1-2H3,(H,14,15). The van der Waals surface area contributed by atoms with E-state index < -0.39 is 0 Å². The van der Waals surface area contributed by atoms with Gasteiger partial charge in [0.1, 0.15) is 0 Å². The molecule has 0 bridgehead atoms. The van der Waals surface area contributed by atoms with Crippen LogP contribution in [0.25, 0.3) is 0 Å². The number of pyridine rings is 1. The number of hydrogen-bond donors (Lipinski definition) is 1. The monoisotopic (exact) mass is 206 g/mol. The number of rotatable bonds is 5. The lowest BCUT2D eigenvalue weighted by molar-refractivity contribution is -0.121. The molecule has 1 aromatic rings. The Morgan fingerprint density at radius 3 is 2.93 bits per heavy atom. The lowest BCUT2D eigenvalue weighted by atomic mass is 10.1. The van der Waals surface area contributed by atoms with Gasteiger partial charge < -0.3 is 5.32 Å². The van der Waals surface area contributed by atoms with Crippen LogP contribution in [0.3, 0.4) is 0 Å². The second-order valence-electron chi connectivity index (χ2n) is 4.07. The summed E-state index contributed by atoms with van der Waals surface area (Å²) in [4.78, 5) is 15.4. The van der Waals surface area contributed by atoms with Gasteiger partial charge in [-0.25, -0.2) is 0 Å². The fourth-order valence-electron chi connectivity index (χ4n) is 1.21. The second kappa shape index (κ2) is 6.17. The second-order valence-corrected chi connectivity index (χ2v) is 4.07. The summed E-state index contributed by atoms with van der Waals surface area (Å²) < 4.78 is 0. The Morgan fingerprint density at radius 2 is 2.33 bits per heavy atom. The predicted molar refractivity (Wildman–Crippen MR) is 60.2 cm³/mol. The molecule has 0 saturated carbocycles. The van der Waals surface area contributed by atoms with Crippen molar-refractivity contribution >= 4 is 5.91 Å². The molecular weight excluding hydrogens is 188 g/mol. The van der Waals surface area contributed by atoms with Gasteiger partial charge in [0.05, 0.1) is 0 Å². The molecule has 15 heavy (non-hydrogen) atoms. The van der Waals surface area contributed by atoms with E-state index >= 15 is 0 Å². The van der Waals surface area contributed by atoms with Crippen LogP contribution in [0.5, 0.6) is 0 Å². The summed E-state index contributed by atoms with van der Waals surface area (Å²) in [5.41, 5.74) is 1.04. The van der Waals surface area contributed by atoms with Crippen LogP contribution in [0.4, 0.5) is 0 Å². The number of nitrogens with one attached hydrogen (secondary N) is 1. The molecule has 0 aliphatic rings. The topological polar surface area (TPSA) is 42.0 Å². The zero-order valence-electron chi connectivity index (χ0n) is 9.36. The highest BCUT2D eigenvalue weighted by atomic mass is 16.1. The van der Waals surface area contributed by atoms with Gasteiger partial charge in [-0.15, -0.1) is 0 Å². The van der Waals surface area contributed by atoms with Gasteiger partial charge in [0.15, 0.2) is 0 Å². The van der Waals surface area contributed by atoms with Crippen molar-refractivity contribution < 1.29 is 4.79 Å². The molecule has 3 nitrogen and oxygen atoms in total. The fourth-order valence-corrected chi connectivity index (χ4v) is 1.21. The third-order valence-corrected chi connectivity index (χ3v) is 2.16. The van der Waals surface area contributed by atoms with Gasteiger partial charge in [-0.05, 0) is 24.0 Å². The van der Waals surface area contributed by atoms with Gasteiger partial charge in [0.2, 0.25) is 5.91 Å². The zero-order chi connectivity index (χ0) is 11.1. The third kappa shape index (κ3) is 5.15. The van der Waals surface area contributed by atoms with Gasteiger partial charge in [0, 0.05) is 25.4 Å². The largest absolute Gasteiger partial charge is 0.352 e. The van der Waals surface area contributed by atoms with Crippen molar-refractivity contribution in [1.29, 1.82) is 0 Å². The van der Waals surface area contributed by atoms with Crippen LogP contribution in [0, 0.1) is 5.92 Å². The van der Waals surface area contributed by atoms with Crippen LogP contribution in [0.1, 0.15) is 32.3 Å². The molecule has 3 heteroatoms. The third-order valence-electron chi connectivity index (χ3n) is 2.16. The average Bonchev–Trinajstić information content (AvgIpc) is 2.25. The lowest BCUT2D eigenvalue weighted by Gasteiger charge is -2.06. The number of hydrogen-bond acceptors (Lipinski definition) is 2. The molecule has 0 aliphatic heterocycles. The van der Waals surface area contributed by atoms with Crippen molar-refractivity contribution in [1.82, 2.24) is 10.3 Å². The van der Waals surface area contributed by atoms with Gasteiger partial charge >= 0.3 is 0 Å².